The molecule has 1 aliphatic heterocycles. The first-order valence-corrected chi connectivity index (χ1v) is 10.6. The van der Waals surface area contributed by atoms with Gasteiger partial charge in [-0.1, -0.05) is 36.7 Å². The maximum absolute atomic E-state index is 13.2. The number of hydrogen-bond acceptors (Lipinski definition) is 3. The van der Waals surface area contributed by atoms with Crippen LogP contribution >= 0.6 is 11.6 Å². The van der Waals surface area contributed by atoms with Gasteiger partial charge in [0.2, 0.25) is 5.91 Å². The molecule has 3 rings (SSSR count). The van der Waals surface area contributed by atoms with Gasteiger partial charge in [-0.15, -0.1) is 0 Å². The summed E-state index contributed by atoms with van der Waals surface area (Å²) in [6, 6.07) is 7.66. The summed E-state index contributed by atoms with van der Waals surface area (Å²) in [6.07, 6.45) is 2.33. The van der Waals surface area contributed by atoms with Crippen LogP contribution in [0.3, 0.4) is 0 Å². The van der Waals surface area contributed by atoms with Gasteiger partial charge in [0, 0.05) is 36.3 Å². The van der Waals surface area contributed by atoms with Crippen molar-refractivity contribution < 1.29 is 9.59 Å². The highest BCUT2D eigenvalue weighted by Gasteiger charge is 2.30. The van der Waals surface area contributed by atoms with Gasteiger partial charge in [-0.2, -0.15) is 5.10 Å². The first-order valence-electron chi connectivity index (χ1n) is 10.3. The number of rotatable bonds is 6. The highest BCUT2D eigenvalue weighted by molar-refractivity contribution is 6.31. The summed E-state index contributed by atoms with van der Waals surface area (Å²) in [6.45, 7) is 8.26. The molecule has 0 bridgehead atoms. The molecule has 1 aromatic carbocycles. The molecule has 1 saturated heterocycles. The normalized spacial score (nSPS) is 14.8. The fourth-order valence-electron chi connectivity index (χ4n) is 3.84. The van der Waals surface area contributed by atoms with Gasteiger partial charge in [0.15, 0.2) is 0 Å². The largest absolute Gasteiger partial charge is 0.356 e. The Balaban J connectivity index is 1.68. The molecule has 2 heterocycles. The first-order chi connectivity index (χ1) is 13.9. The highest BCUT2D eigenvalue weighted by atomic mass is 35.5. The lowest BCUT2D eigenvalue weighted by Crippen LogP contribution is -2.43. The van der Waals surface area contributed by atoms with Crippen molar-refractivity contribution in [2.24, 2.45) is 5.92 Å². The topological polar surface area (TPSA) is 67.2 Å². The third kappa shape index (κ3) is 4.81. The van der Waals surface area contributed by atoms with Crippen molar-refractivity contribution in [1.29, 1.82) is 0 Å². The van der Waals surface area contributed by atoms with Gasteiger partial charge in [-0.05, 0) is 44.7 Å². The lowest BCUT2D eigenvalue weighted by atomic mass is 9.95. The average molecular weight is 417 g/mol. The van der Waals surface area contributed by atoms with Crippen molar-refractivity contribution in [2.45, 2.75) is 46.6 Å². The van der Waals surface area contributed by atoms with E-state index >= 15 is 0 Å². The molecule has 29 heavy (non-hydrogen) atoms. The van der Waals surface area contributed by atoms with Crippen LogP contribution in [0.5, 0.6) is 0 Å². The molecule has 1 N–H and O–H groups in total. The Kier molecular flexibility index (Phi) is 6.96. The van der Waals surface area contributed by atoms with Gasteiger partial charge >= 0.3 is 0 Å². The van der Waals surface area contributed by atoms with E-state index in [0.717, 1.165) is 23.4 Å². The average Bonchev–Trinajstić information content (AvgIpc) is 3.00. The summed E-state index contributed by atoms with van der Waals surface area (Å²) < 4.78 is 1.84. The summed E-state index contributed by atoms with van der Waals surface area (Å²) in [5.74, 6) is 0.104. The molecule has 2 amide bonds. The molecule has 1 fully saturated rings. The number of carbonyl (C=O) groups excluding carboxylic acids is 2. The number of nitrogens with one attached hydrogen (secondary N) is 1. The van der Waals surface area contributed by atoms with E-state index in [2.05, 4.69) is 10.4 Å². The van der Waals surface area contributed by atoms with Gasteiger partial charge in [-0.25, -0.2) is 0 Å². The molecule has 0 aliphatic carbocycles. The standard InChI is InChI=1S/C22H29ClN4O2/c1-4-11-24-21(28)17-9-12-26(13-10-17)22(29)20-15(2)25-27(16(20)3)14-18-7-5-6-8-19(18)23/h5-8,17H,4,9-14H2,1-3H3,(H,24,28). The second-order valence-corrected chi connectivity index (χ2v) is 8.06. The van der Waals surface area contributed by atoms with Crippen LogP contribution in [0.25, 0.3) is 0 Å². The minimum atomic E-state index is -0.00394. The second-order valence-electron chi connectivity index (χ2n) is 7.65. The number of hydrogen-bond donors (Lipinski definition) is 1. The van der Waals surface area contributed by atoms with Crippen LogP contribution in [-0.4, -0.2) is 46.1 Å². The quantitative estimate of drug-likeness (QED) is 0.782. The predicted octanol–water partition coefficient (Wildman–Crippen LogP) is 3.58. The van der Waals surface area contributed by atoms with Gasteiger partial charge < -0.3 is 10.2 Å². The van der Waals surface area contributed by atoms with Crippen molar-refractivity contribution in [3.8, 4) is 0 Å². The number of benzene rings is 1. The monoisotopic (exact) mass is 416 g/mol. The molecule has 2 aromatic rings. The van der Waals surface area contributed by atoms with E-state index in [0.29, 0.717) is 49.6 Å². The summed E-state index contributed by atoms with van der Waals surface area (Å²) in [7, 11) is 0. The number of aromatic nitrogens is 2. The Morgan fingerprint density at radius 1 is 1.21 bits per heavy atom. The SMILES string of the molecule is CCCNC(=O)C1CCN(C(=O)c2c(C)nn(Cc3ccccc3Cl)c2C)CC1. The third-order valence-corrected chi connectivity index (χ3v) is 5.94. The Hall–Kier alpha value is -2.34. The summed E-state index contributed by atoms with van der Waals surface area (Å²) >= 11 is 6.28. The molecular weight excluding hydrogens is 388 g/mol. The van der Waals surface area contributed by atoms with E-state index in [1.165, 1.54) is 0 Å². The van der Waals surface area contributed by atoms with E-state index in [1.54, 1.807) is 0 Å². The molecular formula is C22H29ClN4O2. The number of carbonyl (C=O) groups is 2. The van der Waals surface area contributed by atoms with Crippen molar-refractivity contribution in [1.82, 2.24) is 20.0 Å². The van der Waals surface area contributed by atoms with Crippen molar-refractivity contribution in [2.75, 3.05) is 19.6 Å². The molecule has 1 aliphatic rings. The number of amides is 2. The molecule has 6 nitrogen and oxygen atoms in total. The Morgan fingerprint density at radius 2 is 1.90 bits per heavy atom. The van der Waals surface area contributed by atoms with Crippen LogP contribution in [0.4, 0.5) is 0 Å². The van der Waals surface area contributed by atoms with Gasteiger partial charge in [0.05, 0.1) is 17.8 Å². The molecule has 7 heteroatoms. The van der Waals surface area contributed by atoms with Gasteiger partial charge in [-0.3, -0.25) is 14.3 Å². The minimum Gasteiger partial charge on any atom is -0.356 e. The maximum atomic E-state index is 13.2. The second kappa shape index (κ2) is 9.44. The van der Waals surface area contributed by atoms with Crippen LogP contribution < -0.4 is 5.32 Å². The van der Waals surface area contributed by atoms with E-state index in [9.17, 15) is 9.59 Å². The number of piperidine rings is 1. The van der Waals surface area contributed by atoms with E-state index in [-0.39, 0.29) is 17.7 Å². The summed E-state index contributed by atoms with van der Waals surface area (Å²) in [5.41, 5.74) is 3.20. The predicted molar refractivity (Wildman–Crippen MR) is 114 cm³/mol. The zero-order valence-corrected chi connectivity index (χ0v) is 18.1. The van der Waals surface area contributed by atoms with Crippen LogP contribution in [-0.2, 0) is 11.3 Å². The first kappa shape index (κ1) is 21.4. The van der Waals surface area contributed by atoms with E-state index < -0.39 is 0 Å². The molecule has 0 unspecified atom stereocenters. The van der Waals surface area contributed by atoms with Crippen LogP contribution in [0.15, 0.2) is 24.3 Å². The number of halogens is 1. The molecule has 0 spiro atoms. The number of likely N-dealkylation sites (tertiary alicyclic amines) is 1. The Labute approximate surface area is 177 Å². The Bertz CT molecular complexity index is 885. The zero-order valence-electron chi connectivity index (χ0n) is 17.4. The van der Waals surface area contributed by atoms with E-state index in [4.69, 9.17) is 11.6 Å². The maximum Gasteiger partial charge on any atom is 0.257 e. The lowest BCUT2D eigenvalue weighted by Gasteiger charge is -2.31. The number of nitrogens with zero attached hydrogens (tertiary/aromatic N) is 3. The van der Waals surface area contributed by atoms with Crippen LogP contribution in [0, 0.1) is 19.8 Å². The fourth-order valence-corrected chi connectivity index (χ4v) is 4.04. The molecule has 0 radical (unpaired) electrons. The summed E-state index contributed by atoms with van der Waals surface area (Å²) in [5, 5.41) is 8.24. The van der Waals surface area contributed by atoms with Crippen molar-refractivity contribution >= 4 is 23.4 Å². The van der Waals surface area contributed by atoms with Crippen molar-refractivity contribution in [3.63, 3.8) is 0 Å². The highest BCUT2D eigenvalue weighted by Crippen LogP contribution is 2.23. The third-order valence-electron chi connectivity index (χ3n) is 5.58. The van der Waals surface area contributed by atoms with E-state index in [1.807, 2.05) is 54.6 Å². The van der Waals surface area contributed by atoms with Gasteiger partial charge in [0.1, 0.15) is 0 Å². The zero-order chi connectivity index (χ0) is 21.0. The van der Waals surface area contributed by atoms with Crippen LogP contribution in [0.1, 0.15) is 53.5 Å². The van der Waals surface area contributed by atoms with Crippen LogP contribution in [0.2, 0.25) is 5.02 Å². The lowest BCUT2D eigenvalue weighted by molar-refractivity contribution is -0.126. The summed E-state index contributed by atoms with van der Waals surface area (Å²) in [4.78, 5) is 27.2. The number of aryl methyl sites for hydroxylation is 1. The van der Waals surface area contributed by atoms with Crippen molar-refractivity contribution in [3.05, 3.63) is 51.8 Å². The van der Waals surface area contributed by atoms with Gasteiger partial charge in [0.25, 0.3) is 5.91 Å². The molecule has 0 atom stereocenters. The smallest absolute Gasteiger partial charge is 0.257 e. The Morgan fingerprint density at radius 3 is 2.55 bits per heavy atom. The molecule has 0 saturated carbocycles. The molecule has 1 aromatic heterocycles. The fraction of sp³-hybridized carbons (Fsp3) is 0.500. The molecule has 156 valence electrons. The minimum absolute atomic E-state index is 0.00201.